The van der Waals surface area contributed by atoms with E-state index in [4.69, 9.17) is 0 Å². The van der Waals surface area contributed by atoms with Crippen molar-refractivity contribution in [2.24, 2.45) is 0 Å². The number of carbonyl (C=O) groups is 2. The van der Waals surface area contributed by atoms with Gasteiger partial charge in [0, 0.05) is 19.0 Å². The topological polar surface area (TPSA) is 61.4 Å². The van der Waals surface area contributed by atoms with E-state index in [1.54, 1.807) is 0 Å². The molecule has 5 heteroatoms. The Morgan fingerprint density at radius 1 is 1.53 bits per heavy atom. The Kier molecular flexibility index (Phi) is 2.90. The van der Waals surface area contributed by atoms with Gasteiger partial charge in [-0.2, -0.15) is 0 Å². The molecule has 0 bridgehead atoms. The zero-order chi connectivity index (χ0) is 10.8. The number of hydrogen-bond donors (Lipinski definition) is 2. The molecule has 0 radical (unpaired) electrons. The van der Waals surface area contributed by atoms with Crippen LogP contribution in [0.15, 0.2) is 0 Å². The molecular formula is C10H17N3O2. The van der Waals surface area contributed by atoms with Gasteiger partial charge in [-0.05, 0) is 26.4 Å². The maximum atomic E-state index is 11.7. The van der Waals surface area contributed by atoms with Crippen molar-refractivity contribution < 1.29 is 9.59 Å². The van der Waals surface area contributed by atoms with Gasteiger partial charge in [0.2, 0.25) is 11.8 Å². The summed E-state index contributed by atoms with van der Waals surface area (Å²) < 4.78 is 0. The summed E-state index contributed by atoms with van der Waals surface area (Å²) in [6.07, 6.45) is 2.11. The van der Waals surface area contributed by atoms with Gasteiger partial charge in [-0.25, -0.2) is 0 Å². The van der Waals surface area contributed by atoms with Crippen LogP contribution in [-0.4, -0.2) is 48.9 Å². The first-order chi connectivity index (χ1) is 7.15. The minimum atomic E-state index is -0.302. The molecule has 2 N–H and O–H groups in total. The van der Waals surface area contributed by atoms with Crippen LogP contribution >= 0.6 is 0 Å². The van der Waals surface area contributed by atoms with E-state index in [-0.39, 0.29) is 23.9 Å². The van der Waals surface area contributed by atoms with E-state index in [0.717, 1.165) is 19.5 Å². The number of nitrogens with one attached hydrogen (secondary N) is 2. The summed E-state index contributed by atoms with van der Waals surface area (Å²) in [5.41, 5.74) is 0. The molecule has 5 nitrogen and oxygen atoms in total. The van der Waals surface area contributed by atoms with Crippen molar-refractivity contribution in [1.29, 1.82) is 0 Å². The van der Waals surface area contributed by atoms with Crippen LogP contribution in [0, 0.1) is 0 Å². The van der Waals surface area contributed by atoms with Gasteiger partial charge in [0.1, 0.15) is 6.04 Å². The van der Waals surface area contributed by atoms with Crippen molar-refractivity contribution in [2.75, 3.05) is 20.1 Å². The molecule has 0 spiro atoms. The highest BCUT2D eigenvalue weighted by Crippen LogP contribution is 2.10. The summed E-state index contributed by atoms with van der Waals surface area (Å²) in [6, 6.07) is -0.0524. The number of hydrogen-bond acceptors (Lipinski definition) is 3. The minimum absolute atomic E-state index is 0.0151. The Morgan fingerprint density at radius 3 is 2.87 bits per heavy atom. The molecule has 2 amide bonds. The van der Waals surface area contributed by atoms with Gasteiger partial charge in [-0.1, -0.05) is 0 Å². The smallest absolute Gasteiger partial charge is 0.242 e. The standard InChI is InChI=1S/C10H17N3O2/c1-13-5-4-7(6-13)11-10(15)8-2-3-9(14)12-8/h7-8H,2-6H2,1H3,(H,11,15)(H,12,14). The minimum Gasteiger partial charge on any atom is -0.350 e. The van der Waals surface area contributed by atoms with E-state index in [9.17, 15) is 9.59 Å². The Bertz CT molecular complexity index is 280. The van der Waals surface area contributed by atoms with Gasteiger partial charge in [-0.3, -0.25) is 9.59 Å². The SMILES string of the molecule is CN1CCC(NC(=O)C2CCC(=O)N2)C1. The predicted molar refractivity (Wildman–Crippen MR) is 55.2 cm³/mol. The molecule has 2 aliphatic rings. The average Bonchev–Trinajstić information content (AvgIpc) is 2.75. The Balaban J connectivity index is 1.79. The molecule has 84 valence electrons. The maximum Gasteiger partial charge on any atom is 0.242 e. The van der Waals surface area contributed by atoms with Crippen molar-refractivity contribution >= 4 is 11.8 Å². The summed E-state index contributed by atoms with van der Waals surface area (Å²) in [7, 11) is 2.05. The van der Waals surface area contributed by atoms with Crippen molar-refractivity contribution in [2.45, 2.75) is 31.3 Å². The first-order valence-electron chi connectivity index (χ1n) is 5.43. The van der Waals surface area contributed by atoms with Gasteiger partial charge in [0.25, 0.3) is 0 Å². The lowest BCUT2D eigenvalue weighted by Crippen LogP contribution is -2.46. The fourth-order valence-corrected chi connectivity index (χ4v) is 2.17. The molecule has 0 aliphatic carbocycles. The maximum absolute atomic E-state index is 11.7. The number of carbonyl (C=O) groups excluding carboxylic acids is 2. The van der Waals surface area contributed by atoms with Gasteiger partial charge in [0.15, 0.2) is 0 Å². The molecule has 0 aromatic heterocycles. The van der Waals surface area contributed by atoms with Crippen molar-refractivity contribution in [1.82, 2.24) is 15.5 Å². The number of likely N-dealkylation sites (tertiary alicyclic amines) is 1. The molecule has 2 fully saturated rings. The molecule has 0 aromatic rings. The van der Waals surface area contributed by atoms with E-state index in [0.29, 0.717) is 12.8 Å². The van der Waals surface area contributed by atoms with Crippen molar-refractivity contribution in [3.8, 4) is 0 Å². The average molecular weight is 211 g/mol. The summed E-state index contributed by atoms with van der Waals surface area (Å²) in [5.74, 6) is -0.0418. The van der Waals surface area contributed by atoms with E-state index < -0.39 is 0 Å². The fraction of sp³-hybridized carbons (Fsp3) is 0.800. The third-order valence-corrected chi connectivity index (χ3v) is 3.05. The number of rotatable bonds is 2. The van der Waals surface area contributed by atoms with Crippen LogP contribution in [0.4, 0.5) is 0 Å². The fourth-order valence-electron chi connectivity index (χ4n) is 2.17. The molecule has 2 atom stereocenters. The summed E-state index contributed by atoms with van der Waals surface area (Å²) in [4.78, 5) is 24.8. The molecule has 2 rings (SSSR count). The molecule has 15 heavy (non-hydrogen) atoms. The zero-order valence-electron chi connectivity index (χ0n) is 8.95. The molecule has 2 saturated heterocycles. The Morgan fingerprint density at radius 2 is 2.33 bits per heavy atom. The molecule has 0 saturated carbocycles. The summed E-state index contributed by atoms with van der Waals surface area (Å²) >= 11 is 0. The van der Waals surface area contributed by atoms with Crippen molar-refractivity contribution in [3.63, 3.8) is 0 Å². The largest absolute Gasteiger partial charge is 0.350 e. The second-order valence-corrected chi connectivity index (χ2v) is 4.42. The first-order valence-corrected chi connectivity index (χ1v) is 5.43. The van der Waals surface area contributed by atoms with E-state index in [1.807, 2.05) is 7.05 Å². The molecule has 2 heterocycles. The van der Waals surface area contributed by atoms with Crippen LogP contribution < -0.4 is 10.6 Å². The lowest BCUT2D eigenvalue weighted by atomic mass is 10.2. The highest BCUT2D eigenvalue weighted by Gasteiger charge is 2.29. The first kappa shape index (κ1) is 10.4. The number of amides is 2. The Hall–Kier alpha value is -1.10. The van der Waals surface area contributed by atoms with E-state index >= 15 is 0 Å². The summed E-state index contributed by atoms with van der Waals surface area (Å²) in [6.45, 7) is 1.94. The number of likely N-dealkylation sites (N-methyl/N-ethyl adjacent to an activating group) is 1. The van der Waals surface area contributed by atoms with Crippen LogP contribution in [0.1, 0.15) is 19.3 Å². The highest BCUT2D eigenvalue weighted by molar-refractivity contribution is 5.90. The lowest BCUT2D eigenvalue weighted by molar-refractivity contribution is -0.126. The van der Waals surface area contributed by atoms with Crippen LogP contribution in [0.5, 0.6) is 0 Å². The van der Waals surface area contributed by atoms with Crippen LogP contribution in [0.2, 0.25) is 0 Å². The zero-order valence-corrected chi connectivity index (χ0v) is 8.95. The van der Waals surface area contributed by atoms with Gasteiger partial charge < -0.3 is 15.5 Å². The molecule has 2 unspecified atom stereocenters. The van der Waals surface area contributed by atoms with E-state index in [1.165, 1.54) is 0 Å². The van der Waals surface area contributed by atoms with Crippen LogP contribution in [-0.2, 0) is 9.59 Å². The van der Waals surface area contributed by atoms with Crippen LogP contribution in [0.25, 0.3) is 0 Å². The summed E-state index contributed by atoms with van der Waals surface area (Å²) in [5, 5.41) is 5.65. The van der Waals surface area contributed by atoms with Gasteiger partial charge in [-0.15, -0.1) is 0 Å². The molecule has 0 aromatic carbocycles. The molecule has 2 aliphatic heterocycles. The van der Waals surface area contributed by atoms with E-state index in [2.05, 4.69) is 15.5 Å². The lowest BCUT2D eigenvalue weighted by Gasteiger charge is -2.16. The normalized spacial score (nSPS) is 31.7. The highest BCUT2D eigenvalue weighted by atomic mass is 16.2. The van der Waals surface area contributed by atoms with Gasteiger partial charge >= 0.3 is 0 Å². The van der Waals surface area contributed by atoms with Crippen LogP contribution in [0.3, 0.4) is 0 Å². The quantitative estimate of drug-likeness (QED) is 0.621. The predicted octanol–water partition coefficient (Wildman–Crippen LogP) is -0.915. The second-order valence-electron chi connectivity index (χ2n) is 4.42. The monoisotopic (exact) mass is 211 g/mol. The van der Waals surface area contributed by atoms with Crippen molar-refractivity contribution in [3.05, 3.63) is 0 Å². The molecular weight excluding hydrogens is 194 g/mol. The third-order valence-electron chi connectivity index (χ3n) is 3.05. The third kappa shape index (κ3) is 2.47. The van der Waals surface area contributed by atoms with Gasteiger partial charge in [0.05, 0.1) is 0 Å². The second kappa shape index (κ2) is 4.18. The number of nitrogens with zero attached hydrogens (tertiary/aromatic N) is 1. The Labute approximate surface area is 89.2 Å².